The van der Waals surface area contributed by atoms with E-state index < -0.39 is 5.91 Å². The monoisotopic (exact) mass is 369 g/mol. The summed E-state index contributed by atoms with van der Waals surface area (Å²) in [5.74, 6) is -0.547. The Morgan fingerprint density at radius 2 is 2.04 bits per heavy atom. The number of aryl methyl sites for hydroxylation is 1. The van der Waals surface area contributed by atoms with Gasteiger partial charge >= 0.3 is 0 Å². The number of nitrogens with one attached hydrogen (secondary N) is 1. The lowest BCUT2D eigenvalue weighted by Gasteiger charge is -2.24. The van der Waals surface area contributed by atoms with E-state index in [0.29, 0.717) is 10.6 Å². The van der Waals surface area contributed by atoms with Crippen LogP contribution in [0.3, 0.4) is 0 Å². The molecule has 2 amide bonds. The first-order chi connectivity index (χ1) is 12.5. The Kier molecular flexibility index (Phi) is 4.44. The normalized spacial score (nSPS) is 18.3. The van der Waals surface area contributed by atoms with E-state index in [1.807, 2.05) is 12.1 Å². The number of primary amides is 1. The van der Waals surface area contributed by atoms with Crippen LogP contribution >= 0.6 is 11.3 Å². The van der Waals surface area contributed by atoms with E-state index in [4.69, 9.17) is 5.73 Å². The molecular formula is C20H23N3O2S. The SMILES string of the molecule is CC1Cc2ccccc2N1CC(=O)Nc1sc2c(c1C(N)=O)CCCC2. The average molecular weight is 369 g/mol. The molecule has 1 unspecified atom stereocenters. The van der Waals surface area contributed by atoms with Gasteiger partial charge in [-0.25, -0.2) is 0 Å². The number of nitrogens with zero attached hydrogens (tertiary/aromatic N) is 1. The van der Waals surface area contributed by atoms with Crippen molar-refractivity contribution in [2.45, 2.75) is 45.1 Å². The topological polar surface area (TPSA) is 75.4 Å². The van der Waals surface area contributed by atoms with Crippen molar-refractivity contribution in [3.8, 4) is 0 Å². The largest absolute Gasteiger partial charge is 0.365 e. The Bertz CT molecular complexity index is 874. The number of para-hydroxylation sites is 1. The van der Waals surface area contributed by atoms with Gasteiger partial charge in [0.2, 0.25) is 5.91 Å². The molecule has 1 aliphatic carbocycles. The Balaban J connectivity index is 1.54. The highest BCUT2D eigenvalue weighted by Gasteiger charge is 2.29. The van der Waals surface area contributed by atoms with E-state index in [2.05, 4.69) is 29.3 Å². The first-order valence-electron chi connectivity index (χ1n) is 9.13. The van der Waals surface area contributed by atoms with E-state index in [0.717, 1.165) is 43.4 Å². The molecule has 26 heavy (non-hydrogen) atoms. The summed E-state index contributed by atoms with van der Waals surface area (Å²) >= 11 is 1.51. The molecule has 0 saturated heterocycles. The van der Waals surface area contributed by atoms with Gasteiger partial charge in [0.05, 0.1) is 12.1 Å². The minimum absolute atomic E-state index is 0.102. The predicted molar refractivity (Wildman–Crippen MR) is 105 cm³/mol. The Hall–Kier alpha value is -2.34. The summed E-state index contributed by atoms with van der Waals surface area (Å²) in [5.41, 5.74) is 9.58. The fraction of sp³-hybridized carbons (Fsp3) is 0.400. The fourth-order valence-electron chi connectivity index (χ4n) is 4.11. The van der Waals surface area contributed by atoms with Gasteiger partial charge in [0.25, 0.3) is 5.91 Å². The molecule has 6 heteroatoms. The molecule has 2 aromatic rings. The third-order valence-electron chi connectivity index (χ3n) is 5.33. The van der Waals surface area contributed by atoms with Crippen LogP contribution in [0.15, 0.2) is 24.3 Å². The van der Waals surface area contributed by atoms with Crippen molar-refractivity contribution >= 4 is 33.8 Å². The number of fused-ring (bicyclic) bond motifs is 2. The van der Waals surface area contributed by atoms with Crippen molar-refractivity contribution in [2.75, 3.05) is 16.8 Å². The van der Waals surface area contributed by atoms with Crippen molar-refractivity contribution < 1.29 is 9.59 Å². The number of anilines is 2. The van der Waals surface area contributed by atoms with Crippen molar-refractivity contribution in [1.82, 2.24) is 0 Å². The van der Waals surface area contributed by atoms with Gasteiger partial charge in [-0.3, -0.25) is 9.59 Å². The van der Waals surface area contributed by atoms with Crippen LogP contribution in [0, 0.1) is 0 Å². The Labute approximate surface area is 157 Å². The van der Waals surface area contributed by atoms with Gasteiger partial charge in [-0.2, -0.15) is 0 Å². The molecular weight excluding hydrogens is 346 g/mol. The molecule has 1 atom stereocenters. The number of amides is 2. The van der Waals surface area contributed by atoms with E-state index in [1.54, 1.807) is 0 Å². The predicted octanol–water partition coefficient (Wildman–Crippen LogP) is 3.12. The van der Waals surface area contributed by atoms with E-state index >= 15 is 0 Å². The number of rotatable bonds is 4. The second-order valence-corrected chi connectivity index (χ2v) is 8.24. The maximum Gasteiger partial charge on any atom is 0.251 e. The molecule has 0 bridgehead atoms. The molecule has 1 aliphatic heterocycles. The first-order valence-corrected chi connectivity index (χ1v) is 9.95. The van der Waals surface area contributed by atoms with E-state index in [-0.39, 0.29) is 18.5 Å². The van der Waals surface area contributed by atoms with E-state index in [1.165, 1.54) is 21.8 Å². The summed E-state index contributed by atoms with van der Waals surface area (Å²) < 4.78 is 0. The summed E-state index contributed by atoms with van der Waals surface area (Å²) in [6.07, 6.45) is 4.98. The zero-order valence-corrected chi connectivity index (χ0v) is 15.7. The third kappa shape index (κ3) is 2.98. The molecule has 1 aromatic carbocycles. The van der Waals surface area contributed by atoms with Gasteiger partial charge in [-0.05, 0) is 56.2 Å². The van der Waals surface area contributed by atoms with Gasteiger partial charge in [0.1, 0.15) is 5.00 Å². The molecule has 1 aromatic heterocycles. The molecule has 5 nitrogen and oxygen atoms in total. The molecule has 136 valence electrons. The van der Waals surface area contributed by atoms with Crippen LogP contribution in [0.2, 0.25) is 0 Å². The minimum atomic E-state index is -0.445. The lowest BCUT2D eigenvalue weighted by atomic mass is 9.95. The quantitative estimate of drug-likeness (QED) is 0.869. The summed E-state index contributed by atoms with van der Waals surface area (Å²) in [5, 5.41) is 3.58. The van der Waals surface area contributed by atoms with Crippen molar-refractivity contribution in [1.29, 1.82) is 0 Å². The van der Waals surface area contributed by atoms with Crippen LogP contribution in [0.5, 0.6) is 0 Å². The summed E-state index contributed by atoms with van der Waals surface area (Å²) in [6.45, 7) is 2.41. The van der Waals surface area contributed by atoms with Crippen molar-refractivity contribution in [2.24, 2.45) is 5.73 Å². The average Bonchev–Trinajstić information content (AvgIpc) is 3.12. The van der Waals surface area contributed by atoms with Gasteiger partial charge in [0.15, 0.2) is 0 Å². The van der Waals surface area contributed by atoms with Crippen LogP contribution < -0.4 is 16.0 Å². The van der Waals surface area contributed by atoms with Gasteiger partial charge < -0.3 is 16.0 Å². The number of hydrogen-bond acceptors (Lipinski definition) is 4. The molecule has 0 radical (unpaired) electrons. The number of carbonyl (C=O) groups excluding carboxylic acids is 2. The first kappa shape index (κ1) is 17.1. The Morgan fingerprint density at radius 1 is 1.27 bits per heavy atom. The maximum absolute atomic E-state index is 12.7. The zero-order valence-electron chi connectivity index (χ0n) is 14.9. The second-order valence-electron chi connectivity index (χ2n) is 7.14. The van der Waals surface area contributed by atoms with Crippen LogP contribution in [-0.4, -0.2) is 24.4 Å². The number of hydrogen-bond donors (Lipinski definition) is 2. The molecule has 4 rings (SSSR count). The molecule has 2 heterocycles. The molecule has 3 N–H and O–H groups in total. The minimum Gasteiger partial charge on any atom is -0.365 e. The Morgan fingerprint density at radius 3 is 2.85 bits per heavy atom. The molecule has 2 aliphatic rings. The summed E-state index contributed by atoms with van der Waals surface area (Å²) in [6, 6.07) is 8.49. The molecule has 0 fully saturated rings. The van der Waals surface area contributed by atoms with Crippen LogP contribution in [0.1, 0.15) is 46.1 Å². The smallest absolute Gasteiger partial charge is 0.251 e. The number of thiophene rings is 1. The molecule has 0 saturated carbocycles. The third-order valence-corrected chi connectivity index (χ3v) is 6.54. The van der Waals surface area contributed by atoms with Crippen LogP contribution in [-0.2, 0) is 24.1 Å². The van der Waals surface area contributed by atoms with Crippen LogP contribution in [0.25, 0.3) is 0 Å². The standard InChI is InChI=1S/C20H23N3O2S/c1-12-10-13-6-2-4-8-15(13)23(12)11-17(24)22-20-18(19(21)25)14-7-3-5-9-16(14)26-20/h2,4,6,8,12H,3,5,7,9-11H2,1H3,(H2,21,25)(H,22,24). The lowest BCUT2D eigenvalue weighted by Crippen LogP contribution is -2.37. The number of carbonyl (C=O) groups is 2. The zero-order chi connectivity index (χ0) is 18.3. The lowest BCUT2D eigenvalue weighted by molar-refractivity contribution is -0.115. The van der Waals surface area contributed by atoms with Crippen molar-refractivity contribution in [3.63, 3.8) is 0 Å². The maximum atomic E-state index is 12.7. The van der Waals surface area contributed by atoms with E-state index in [9.17, 15) is 9.59 Å². The summed E-state index contributed by atoms with van der Waals surface area (Å²) in [7, 11) is 0. The highest BCUT2D eigenvalue weighted by molar-refractivity contribution is 7.17. The van der Waals surface area contributed by atoms with Gasteiger partial charge in [-0.15, -0.1) is 11.3 Å². The highest BCUT2D eigenvalue weighted by Crippen LogP contribution is 2.38. The second kappa shape index (κ2) is 6.76. The highest BCUT2D eigenvalue weighted by atomic mass is 32.1. The fourth-order valence-corrected chi connectivity index (χ4v) is 5.42. The number of benzene rings is 1. The van der Waals surface area contributed by atoms with Crippen LogP contribution in [0.4, 0.5) is 10.7 Å². The number of nitrogens with two attached hydrogens (primary N) is 1. The van der Waals surface area contributed by atoms with Gasteiger partial charge in [-0.1, -0.05) is 18.2 Å². The van der Waals surface area contributed by atoms with Gasteiger partial charge in [0, 0.05) is 16.6 Å². The van der Waals surface area contributed by atoms with Crippen molar-refractivity contribution in [3.05, 3.63) is 45.8 Å². The molecule has 0 spiro atoms. The summed E-state index contributed by atoms with van der Waals surface area (Å²) in [4.78, 5) is 28.0.